The summed E-state index contributed by atoms with van der Waals surface area (Å²) >= 11 is 0. The quantitative estimate of drug-likeness (QED) is 0.872. The van der Waals surface area contributed by atoms with E-state index in [0.29, 0.717) is 6.07 Å². The standard InChI is InChI=1S/C13H15F3N2O3/c1-12(2,3)21-11(20)17-6-9-4-8(7-19)5-10(18-9)13(14,15)16/h4-5,7H,6H2,1-3H3,(H,17,20). The highest BCUT2D eigenvalue weighted by atomic mass is 19.4. The van der Waals surface area contributed by atoms with Gasteiger partial charge in [-0.25, -0.2) is 9.78 Å². The van der Waals surface area contributed by atoms with Gasteiger partial charge in [0.05, 0.1) is 12.2 Å². The highest BCUT2D eigenvalue weighted by Crippen LogP contribution is 2.28. The summed E-state index contributed by atoms with van der Waals surface area (Å²) in [5.41, 5.74) is -2.16. The number of nitrogens with one attached hydrogen (secondary N) is 1. The van der Waals surface area contributed by atoms with Crippen LogP contribution in [0.3, 0.4) is 0 Å². The number of ether oxygens (including phenoxy) is 1. The van der Waals surface area contributed by atoms with E-state index < -0.39 is 23.6 Å². The summed E-state index contributed by atoms with van der Waals surface area (Å²) in [6.45, 7) is 4.68. The zero-order valence-corrected chi connectivity index (χ0v) is 11.7. The van der Waals surface area contributed by atoms with Gasteiger partial charge in [-0.3, -0.25) is 4.79 Å². The van der Waals surface area contributed by atoms with Crippen molar-refractivity contribution in [2.75, 3.05) is 0 Å². The maximum Gasteiger partial charge on any atom is 0.433 e. The molecule has 0 fully saturated rings. The maximum atomic E-state index is 12.6. The van der Waals surface area contributed by atoms with E-state index in [0.717, 1.165) is 0 Å². The van der Waals surface area contributed by atoms with Crippen molar-refractivity contribution in [2.24, 2.45) is 0 Å². The molecular weight excluding hydrogens is 289 g/mol. The summed E-state index contributed by atoms with van der Waals surface area (Å²) in [5, 5.41) is 2.28. The van der Waals surface area contributed by atoms with Crippen molar-refractivity contribution >= 4 is 12.4 Å². The zero-order valence-electron chi connectivity index (χ0n) is 11.7. The highest BCUT2D eigenvalue weighted by Gasteiger charge is 2.33. The predicted octanol–water partition coefficient (Wildman–Crippen LogP) is 2.94. The Morgan fingerprint density at radius 1 is 1.33 bits per heavy atom. The second kappa shape index (κ2) is 6.11. The minimum absolute atomic E-state index is 0.0854. The first-order valence-electron chi connectivity index (χ1n) is 6.01. The van der Waals surface area contributed by atoms with Crippen LogP contribution in [0.25, 0.3) is 0 Å². The Morgan fingerprint density at radius 3 is 2.43 bits per heavy atom. The number of carbonyl (C=O) groups excluding carboxylic acids is 2. The summed E-state index contributed by atoms with van der Waals surface area (Å²) in [6, 6.07) is 1.81. The molecule has 0 spiro atoms. The molecule has 0 bridgehead atoms. The van der Waals surface area contributed by atoms with Crippen LogP contribution < -0.4 is 5.32 Å². The molecule has 1 rings (SSSR count). The van der Waals surface area contributed by atoms with Gasteiger partial charge in [0.25, 0.3) is 0 Å². The van der Waals surface area contributed by atoms with Crippen LogP contribution in [-0.4, -0.2) is 23.0 Å². The Balaban J connectivity index is 2.84. The van der Waals surface area contributed by atoms with Crippen LogP contribution >= 0.6 is 0 Å². The summed E-state index contributed by atoms with van der Waals surface area (Å²) < 4.78 is 42.8. The fraction of sp³-hybridized carbons (Fsp3) is 0.462. The number of alkyl halides is 3. The van der Waals surface area contributed by atoms with Gasteiger partial charge in [-0.05, 0) is 32.9 Å². The summed E-state index contributed by atoms with van der Waals surface area (Å²) in [4.78, 5) is 25.4. The SMILES string of the molecule is CC(C)(C)OC(=O)NCc1cc(C=O)cc(C(F)(F)F)n1. The molecule has 116 valence electrons. The fourth-order valence-corrected chi connectivity index (χ4v) is 1.39. The number of halogens is 3. The molecule has 1 heterocycles. The third-order valence-electron chi connectivity index (χ3n) is 2.14. The molecule has 0 saturated heterocycles. The van der Waals surface area contributed by atoms with E-state index in [1.807, 2.05) is 0 Å². The van der Waals surface area contributed by atoms with Crippen LogP contribution in [0.5, 0.6) is 0 Å². The van der Waals surface area contributed by atoms with Gasteiger partial charge in [0.15, 0.2) is 0 Å². The Labute approximate surface area is 119 Å². The van der Waals surface area contributed by atoms with E-state index in [1.165, 1.54) is 6.07 Å². The minimum atomic E-state index is -4.67. The van der Waals surface area contributed by atoms with Crippen LogP contribution in [0.15, 0.2) is 12.1 Å². The van der Waals surface area contributed by atoms with E-state index in [-0.39, 0.29) is 24.1 Å². The summed E-state index contributed by atoms with van der Waals surface area (Å²) in [6.07, 6.45) is -5.16. The number of amides is 1. The monoisotopic (exact) mass is 304 g/mol. The molecule has 0 radical (unpaired) electrons. The van der Waals surface area contributed by atoms with Gasteiger partial charge in [-0.1, -0.05) is 0 Å². The lowest BCUT2D eigenvalue weighted by Gasteiger charge is -2.19. The number of aromatic nitrogens is 1. The van der Waals surface area contributed by atoms with Gasteiger partial charge in [0.2, 0.25) is 0 Å². The lowest BCUT2D eigenvalue weighted by atomic mass is 10.2. The number of rotatable bonds is 3. The zero-order chi connectivity index (χ0) is 16.3. The number of nitrogens with zero attached hydrogens (tertiary/aromatic N) is 1. The number of hydrogen-bond donors (Lipinski definition) is 1. The van der Waals surface area contributed by atoms with Gasteiger partial charge in [0.1, 0.15) is 17.6 Å². The molecule has 0 atom stereocenters. The highest BCUT2D eigenvalue weighted by molar-refractivity contribution is 5.75. The number of carbonyl (C=O) groups is 2. The van der Waals surface area contributed by atoms with Gasteiger partial charge < -0.3 is 10.1 Å². The van der Waals surface area contributed by atoms with Gasteiger partial charge in [-0.2, -0.15) is 13.2 Å². The van der Waals surface area contributed by atoms with Crippen molar-refractivity contribution < 1.29 is 27.5 Å². The lowest BCUT2D eigenvalue weighted by Crippen LogP contribution is -2.32. The Hall–Kier alpha value is -2.12. The van der Waals surface area contributed by atoms with E-state index >= 15 is 0 Å². The lowest BCUT2D eigenvalue weighted by molar-refractivity contribution is -0.141. The second-order valence-corrected chi connectivity index (χ2v) is 5.25. The molecular formula is C13H15F3N2O3. The molecule has 0 aliphatic heterocycles. The van der Waals surface area contributed by atoms with Crippen molar-refractivity contribution in [3.8, 4) is 0 Å². The first kappa shape index (κ1) is 16.9. The average molecular weight is 304 g/mol. The third-order valence-corrected chi connectivity index (χ3v) is 2.14. The Morgan fingerprint density at radius 2 is 1.95 bits per heavy atom. The fourth-order valence-electron chi connectivity index (χ4n) is 1.39. The van der Waals surface area contributed by atoms with Crippen molar-refractivity contribution in [2.45, 2.75) is 39.1 Å². The van der Waals surface area contributed by atoms with Crippen molar-refractivity contribution in [1.82, 2.24) is 10.3 Å². The molecule has 0 aromatic carbocycles. The summed E-state index contributed by atoms with van der Waals surface area (Å²) in [7, 11) is 0. The molecule has 0 saturated carbocycles. The second-order valence-electron chi connectivity index (χ2n) is 5.25. The molecule has 5 nitrogen and oxygen atoms in total. The molecule has 21 heavy (non-hydrogen) atoms. The van der Waals surface area contributed by atoms with Crippen LogP contribution in [0.1, 0.15) is 42.5 Å². The number of alkyl carbamates (subject to hydrolysis) is 1. The first-order chi connectivity index (χ1) is 9.51. The molecule has 1 amide bonds. The molecule has 1 aromatic heterocycles. The van der Waals surface area contributed by atoms with Gasteiger partial charge in [0, 0.05) is 5.56 Å². The van der Waals surface area contributed by atoms with Crippen molar-refractivity contribution in [3.05, 3.63) is 29.1 Å². The van der Waals surface area contributed by atoms with Crippen LogP contribution in [0.4, 0.5) is 18.0 Å². The largest absolute Gasteiger partial charge is 0.444 e. The smallest absolute Gasteiger partial charge is 0.433 e. The Kier molecular flexibility index (Phi) is 4.93. The first-order valence-corrected chi connectivity index (χ1v) is 6.01. The number of aldehydes is 1. The van der Waals surface area contributed by atoms with Crippen LogP contribution in [0.2, 0.25) is 0 Å². The van der Waals surface area contributed by atoms with Crippen molar-refractivity contribution in [1.29, 1.82) is 0 Å². The minimum Gasteiger partial charge on any atom is -0.444 e. The van der Waals surface area contributed by atoms with E-state index in [9.17, 15) is 22.8 Å². The molecule has 0 unspecified atom stereocenters. The average Bonchev–Trinajstić information content (AvgIpc) is 2.33. The van der Waals surface area contributed by atoms with Gasteiger partial charge >= 0.3 is 12.3 Å². The van der Waals surface area contributed by atoms with E-state index in [1.54, 1.807) is 20.8 Å². The topological polar surface area (TPSA) is 68.3 Å². The van der Waals surface area contributed by atoms with Crippen LogP contribution in [-0.2, 0) is 17.5 Å². The molecule has 0 aliphatic rings. The van der Waals surface area contributed by atoms with Crippen LogP contribution in [0, 0.1) is 0 Å². The number of pyridine rings is 1. The van der Waals surface area contributed by atoms with E-state index in [2.05, 4.69) is 10.3 Å². The van der Waals surface area contributed by atoms with Crippen molar-refractivity contribution in [3.63, 3.8) is 0 Å². The third kappa shape index (κ3) is 5.80. The molecule has 8 heteroatoms. The molecule has 1 aromatic rings. The number of hydrogen-bond acceptors (Lipinski definition) is 4. The van der Waals surface area contributed by atoms with Gasteiger partial charge in [-0.15, -0.1) is 0 Å². The molecule has 0 aliphatic carbocycles. The van der Waals surface area contributed by atoms with E-state index in [4.69, 9.17) is 4.74 Å². The maximum absolute atomic E-state index is 12.6. The Bertz CT molecular complexity index is 536. The predicted molar refractivity (Wildman–Crippen MR) is 67.7 cm³/mol. The normalized spacial score (nSPS) is 11.9. The summed E-state index contributed by atoms with van der Waals surface area (Å²) in [5.74, 6) is 0. The molecule has 1 N–H and O–H groups in total.